The van der Waals surface area contributed by atoms with Crippen molar-refractivity contribution in [2.75, 3.05) is 0 Å². The summed E-state index contributed by atoms with van der Waals surface area (Å²) in [6, 6.07) is 12.6. The van der Waals surface area contributed by atoms with Crippen LogP contribution in [0.4, 0.5) is 0 Å². The summed E-state index contributed by atoms with van der Waals surface area (Å²) in [5.41, 5.74) is 3.97. The molecule has 1 aromatic heterocycles. The largest absolute Gasteiger partial charge is 0.208 e. The lowest BCUT2D eigenvalue weighted by molar-refractivity contribution is -0.671. The fourth-order valence-electron chi connectivity index (χ4n) is 1.21. The van der Waals surface area contributed by atoms with Crippen LogP contribution in [0.15, 0.2) is 48.8 Å². The maximum absolute atomic E-state index is 2.68. The zero-order chi connectivity index (χ0) is 15.4. The smallest absolute Gasteiger partial charge is 0.168 e. The molecule has 2 aromatic rings. The van der Waals surface area contributed by atoms with Gasteiger partial charge in [0.1, 0.15) is 7.05 Å². The van der Waals surface area contributed by atoms with Crippen molar-refractivity contribution in [3.05, 3.63) is 65.5 Å². The van der Waals surface area contributed by atoms with Gasteiger partial charge in [0.15, 0.2) is 12.4 Å². The Balaban J connectivity index is 0.000000289. The summed E-state index contributed by atoms with van der Waals surface area (Å²) in [4.78, 5) is 0. The first-order chi connectivity index (χ1) is 9.49. The lowest BCUT2D eigenvalue weighted by Crippen LogP contribution is -2.25. The minimum Gasteiger partial charge on any atom is -0.208 e. The predicted molar refractivity (Wildman–Crippen MR) is 87.4 cm³/mol. The maximum atomic E-state index is 2.68. The molecule has 0 spiro atoms. The molecule has 0 aliphatic heterocycles. The number of aryl methyl sites for hydroxylation is 4. The number of rotatable bonds is 0. The van der Waals surface area contributed by atoms with Crippen LogP contribution in [-0.2, 0) is 7.05 Å². The Morgan fingerprint density at radius 3 is 1.20 bits per heavy atom. The van der Waals surface area contributed by atoms with Crippen LogP contribution in [0.3, 0.4) is 0 Å². The summed E-state index contributed by atoms with van der Waals surface area (Å²) < 4.78 is 2.02. The van der Waals surface area contributed by atoms with Crippen LogP contribution in [0.2, 0.25) is 0 Å². The molecule has 0 bridgehead atoms. The molecule has 0 aliphatic rings. The molecular formula is C19H26N+. The third-order valence-corrected chi connectivity index (χ3v) is 2.61. The molecule has 1 aromatic carbocycles. The van der Waals surface area contributed by atoms with Gasteiger partial charge in [-0.15, -0.1) is 11.8 Å². The second-order valence-corrected chi connectivity index (χ2v) is 4.70. The molecule has 1 nitrogen and oxygen atoms in total. The molecule has 2 rings (SSSR count). The highest BCUT2D eigenvalue weighted by Crippen LogP contribution is 1.99. The van der Waals surface area contributed by atoms with Gasteiger partial charge < -0.3 is 0 Å². The summed E-state index contributed by atoms with van der Waals surface area (Å²) in [5, 5.41) is 0. The summed E-state index contributed by atoms with van der Waals surface area (Å²) in [5.74, 6) is 5.36. The number of hydrogen-bond acceptors (Lipinski definition) is 0. The van der Waals surface area contributed by atoms with E-state index in [4.69, 9.17) is 0 Å². The molecule has 0 N–H and O–H groups in total. The van der Waals surface area contributed by atoms with Crippen molar-refractivity contribution in [2.45, 2.75) is 34.6 Å². The lowest BCUT2D eigenvalue weighted by atomic mass is 10.2. The second-order valence-electron chi connectivity index (χ2n) is 4.70. The van der Waals surface area contributed by atoms with Crippen molar-refractivity contribution in [1.82, 2.24) is 0 Å². The minimum atomic E-state index is 1.31. The lowest BCUT2D eigenvalue weighted by Gasteiger charge is -1.90. The molecular weight excluding hydrogens is 242 g/mol. The van der Waals surface area contributed by atoms with E-state index in [2.05, 4.69) is 69.0 Å². The average Bonchev–Trinajstić information content (AvgIpc) is 2.46. The van der Waals surface area contributed by atoms with E-state index >= 15 is 0 Å². The first-order valence-electron chi connectivity index (χ1n) is 6.78. The van der Waals surface area contributed by atoms with Gasteiger partial charge in [-0.1, -0.05) is 35.4 Å². The van der Waals surface area contributed by atoms with E-state index in [9.17, 15) is 0 Å². The van der Waals surface area contributed by atoms with Gasteiger partial charge in [-0.3, -0.25) is 0 Å². The van der Waals surface area contributed by atoms with E-state index in [1.54, 1.807) is 0 Å². The van der Waals surface area contributed by atoms with Crippen LogP contribution in [-0.4, -0.2) is 0 Å². The summed E-state index contributed by atoms with van der Waals surface area (Å²) in [7, 11) is 2.01. The fraction of sp³-hybridized carbons (Fsp3) is 0.316. The molecule has 1 heteroatoms. The quantitative estimate of drug-likeness (QED) is 0.499. The van der Waals surface area contributed by atoms with Crippen molar-refractivity contribution in [3.63, 3.8) is 0 Å². The topological polar surface area (TPSA) is 3.88 Å². The highest BCUT2D eigenvalue weighted by Gasteiger charge is 1.85. The monoisotopic (exact) mass is 268 g/mol. The number of nitrogens with zero attached hydrogens (tertiary/aromatic N) is 1. The van der Waals surface area contributed by atoms with E-state index in [1.165, 1.54) is 16.7 Å². The Bertz CT molecular complexity index is 433. The molecule has 0 fully saturated rings. The van der Waals surface area contributed by atoms with Crippen LogP contribution in [0.1, 0.15) is 30.5 Å². The predicted octanol–water partition coefficient (Wildman–Crippen LogP) is 4.15. The highest BCUT2D eigenvalue weighted by molar-refractivity contribution is 5.19. The van der Waals surface area contributed by atoms with Gasteiger partial charge in [-0.05, 0) is 40.2 Å². The van der Waals surface area contributed by atoms with E-state index in [1.807, 2.05) is 37.9 Å². The molecule has 0 unspecified atom stereocenters. The SMILES string of the molecule is CC#CC.Cc1cc[n+](C)cc1.Cc1ccc(C)cc1. The van der Waals surface area contributed by atoms with E-state index in [0.717, 1.165) is 0 Å². The van der Waals surface area contributed by atoms with Gasteiger partial charge in [0, 0.05) is 12.1 Å². The van der Waals surface area contributed by atoms with Crippen molar-refractivity contribution in [2.24, 2.45) is 7.05 Å². The van der Waals surface area contributed by atoms with Gasteiger partial charge in [0.05, 0.1) is 0 Å². The van der Waals surface area contributed by atoms with E-state index in [0.29, 0.717) is 0 Å². The average molecular weight is 268 g/mol. The number of hydrogen-bond donors (Lipinski definition) is 0. The molecule has 0 atom stereocenters. The molecule has 0 amide bonds. The zero-order valence-electron chi connectivity index (χ0n) is 13.6. The molecule has 20 heavy (non-hydrogen) atoms. The van der Waals surface area contributed by atoms with Crippen molar-refractivity contribution in [1.29, 1.82) is 0 Å². The van der Waals surface area contributed by atoms with Crippen LogP contribution in [0.5, 0.6) is 0 Å². The normalized spacial score (nSPS) is 8.10. The van der Waals surface area contributed by atoms with Gasteiger partial charge in [-0.2, -0.15) is 0 Å². The fourth-order valence-corrected chi connectivity index (χ4v) is 1.21. The molecule has 0 saturated carbocycles. The highest BCUT2D eigenvalue weighted by atomic mass is 14.9. The standard InChI is InChI=1S/C8H10.C7H10N.C4H6/c2*1-7-3-5-8(2)6-4-7;1-3-4-2/h2*3-6H,1-2H3;1-2H3/q;+1;. The molecule has 1 heterocycles. The van der Waals surface area contributed by atoms with Gasteiger partial charge in [-0.25, -0.2) is 4.57 Å². The van der Waals surface area contributed by atoms with Gasteiger partial charge >= 0.3 is 0 Å². The first kappa shape index (κ1) is 17.9. The van der Waals surface area contributed by atoms with Gasteiger partial charge in [0.25, 0.3) is 0 Å². The molecule has 0 radical (unpaired) electrons. The van der Waals surface area contributed by atoms with E-state index in [-0.39, 0.29) is 0 Å². The first-order valence-corrected chi connectivity index (χ1v) is 6.78. The minimum absolute atomic E-state index is 1.31. The number of benzene rings is 1. The van der Waals surface area contributed by atoms with Crippen molar-refractivity contribution < 1.29 is 4.57 Å². The second kappa shape index (κ2) is 10.8. The van der Waals surface area contributed by atoms with Crippen LogP contribution < -0.4 is 4.57 Å². The third-order valence-electron chi connectivity index (χ3n) is 2.61. The van der Waals surface area contributed by atoms with Crippen molar-refractivity contribution >= 4 is 0 Å². The third kappa shape index (κ3) is 9.91. The Hall–Kier alpha value is -2.07. The Kier molecular flexibility index (Phi) is 9.70. The molecule has 0 aliphatic carbocycles. The van der Waals surface area contributed by atoms with Crippen LogP contribution in [0.25, 0.3) is 0 Å². The number of pyridine rings is 1. The van der Waals surface area contributed by atoms with E-state index < -0.39 is 0 Å². The Morgan fingerprint density at radius 1 is 0.650 bits per heavy atom. The molecule has 106 valence electrons. The number of aromatic nitrogens is 1. The Morgan fingerprint density at radius 2 is 0.950 bits per heavy atom. The van der Waals surface area contributed by atoms with Crippen LogP contribution in [0, 0.1) is 32.6 Å². The summed E-state index contributed by atoms with van der Waals surface area (Å²) in [6.45, 7) is 9.92. The zero-order valence-corrected chi connectivity index (χ0v) is 13.6. The molecule has 0 saturated heterocycles. The van der Waals surface area contributed by atoms with Crippen molar-refractivity contribution in [3.8, 4) is 11.8 Å². The van der Waals surface area contributed by atoms with Crippen LogP contribution >= 0.6 is 0 Å². The Labute approximate surface area is 124 Å². The van der Waals surface area contributed by atoms with Gasteiger partial charge in [0.2, 0.25) is 0 Å². The maximum Gasteiger partial charge on any atom is 0.168 e. The summed E-state index contributed by atoms with van der Waals surface area (Å²) in [6.07, 6.45) is 4.07. The summed E-state index contributed by atoms with van der Waals surface area (Å²) >= 11 is 0.